The molecule has 174 valence electrons. The molecule has 34 heavy (non-hydrogen) atoms. The molecular weight excluding hydrogens is 460 g/mol. The fourth-order valence-corrected chi connectivity index (χ4v) is 4.03. The molecule has 0 saturated heterocycles. The van der Waals surface area contributed by atoms with E-state index in [4.69, 9.17) is 15.2 Å². The molecule has 4 aromatic rings. The predicted octanol–water partition coefficient (Wildman–Crippen LogP) is 5.86. The summed E-state index contributed by atoms with van der Waals surface area (Å²) in [6.45, 7) is 5.89. The van der Waals surface area contributed by atoms with Crippen LogP contribution in [0.25, 0.3) is 5.69 Å². The number of benzene rings is 2. The first-order valence-corrected chi connectivity index (χ1v) is 11.2. The van der Waals surface area contributed by atoms with Crippen molar-refractivity contribution in [2.75, 3.05) is 5.73 Å². The molecule has 10 heteroatoms. The highest BCUT2D eigenvalue weighted by Gasteiger charge is 2.20. The molecule has 0 atom stereocenters. The molecule has 0 saturated carbocycles. The summed E-state index contributed by atoms with van der Waals surface area (Å²) in [4.78, 5) is 5.06. The summed E-state index contributed by atoms with van der Waals surface area (Å²) in [6.07, 6.45) is 1.70. The van der Waals surface area contributed by atoms with Gasteiger partial charge in [-0.05, 0) is 25.0 Å². The van der Waals surface area contributed by atoms with Gasteiger partial charge in [0.15, 0.2) is 11.5 Å². The molecule has 0 spiro atoms. The van der Waals surface area contributed by atoms with Gasteiger partial charge in [-0.2, -0.15) is 10.4 Å². The van der Waals surface area contributed by atoms with Crippen LogP contribution in [0.3, 0.4) is 0 Å². The summed E-state index contributed by atoms with van der Waals surface area (Å²) < 4.78 is 41.6. The Morgan fingerprint density at radius 1 is 1.15 bits per heavy atom. The number of ether oxygens (including phenoxy) is 2. The monoisotopic (exact) mass is 481 g/mol. The van der Waals surface area contributed by atoms with Crippen molar-refractivity contribution >= 4 is 17.0 Å². The number of hydrogen-bond acceptors (Lipinski definition) is 7. The molecule has 2 aromatic carbocycles. The molecule has 0 aliphatic rings. The summed E-state index contributed by atoms with van der Waals surface area (Å²) >= 11 is 1.49. The Kier molecular flexibility index (Phi) is 6.47. The van der Waals surface area contributed by atoms with E-state index in [0.717, 1.165) is 16.0 Å². The van der Waals surface area contributed by atoms with Crippen molar-refractivity contribution in [2.24, 2.45) is 0 Å². The molecule has 2 N–H and O–H groups in total. The summed E-state index contributed by atoms with van der Waals surface area (Å²) in [5.74, 6) is -0.727. The number of rotatable bonds is 7. The number of aromatic nitrogens is 3. The van der Waals surface area contributed by atoms with Crippen LogP contribution < -0.4 is 15.2 Å². The van der Waals surface area contributed by atoms with E-state index >= 15 is 0 Å². The largest absolute Gasteiger partial charge is 0.488 e. The zero-order valence-corrected chi connectivity index (χ0v) is 19.5. The fraction of sp³-hybridized carbons (Fsp3) is 0.208. The Hall–Kier alpha value is -3.97. The van der Waals surface area contributed by atoms with Crippen molar-refractivity contribution in [2.45, 2.75) is 33.3 Å². The highest BCUT2D eigenvalue weighted by molar-refractivity contribution is 7.11. The molecule has 4 rings (SSSR count). The second kappa shape index (κ2) is 9.49. The molecule has 7 nitrogen and oxygen atoms in total. The Balaban J connectivity index is 1.56. The Morgan fingerprint density at radius 2 is 1.91 bits per heavy atom. The van der Waals surface area contributed by atoms with Gasteiger partial charge in [-0.15, -0.1) is 11.3 Å². The average molecular weight is 482 g/mol. The SMILES string of the molecule is Cc1ncc(COc2cc(F)cc(Oc3ccc(-n4nc(C(C)C)c(N)c4C#N)c(F)c3)c2)s1. The lowest BCUT2D eigenvalue weighted by molar-refractivity contribution is 0.306. The van der Waals surface area contributed by atoms with E-state index in [1.54, 1.807) is 6.20 Å². The van der Waals surface area contributed by atoms with E-state index in [1.807, 2.05) is 26.8 Å². The van der Waals surface area contributed by atoms with Gasteiger partial charge in [0.25, 0.3) is 0 Å². The van der Waals surface area contributed by atoms with Crippen LogP contribution in [0.2, 0.25) is 0 Å². The van der Waals surface area contributed by atoms with Crippen molar-refractivity contribution in [3.8, 4) is 29.0 Å². The van der Waals surface area contributed by atoms with Gasteiger partial charge in [0.1, 0.15) is 41.4 Å². The number of hydrogen-bond donors (Lipinski definition) is 1. The number of aryl methyl sites for hydroxylation is 1. The lowest BCUT2D eigenvalue weighted by atomic mass is 10.1. The van der Waals surface area contributed by atoms with Crippen LogP contribution in [0.15, 0.2) is 42.6 Å². The lowest BCUT2D eigenvalue weighted by Gasteiger charge is -2.11. The van der Waals surface area contributed by atoms with Gasteiger partial charge < -0.3 is 15.2 Å². The summed E-state index contributed by atoms with van der Waals surface area (Å²) in [5.41, 5.74) is 6.86. The van der Waals surface area contributed by atoms with Crippen molar-refractivity contribution < 1.29 is 18.3 Å². The van der Waals surface area contributed by atoms with E-state index in [1.165, 1.54) is 46.4 Å². The fourth-order valence-electron chi connectivity index (χ4n) is 3.32. The molecule has 0 aliphatic heterocycles. The maximum atomic E-state index is 15.0. The number of nitrogens with zero attached hydrogens (tertiary/aromatic N) is 4. The van der Waals surface area contributed by atoms with E-state index in [2.05, 4.69) is 10.1 Å². The smallest absolute Gasteiger partial charge is 0.167 e. The second-order valence-electron chi connectivity index (χ2n) is 7.80. The van der Waals surface area contributed by atoms with E-state index in [-0.39, 0.29) is 46.8 Å². The van der Waals surface area contributed by atoms with Gasteiger partial charge in [-0.25, -0.2) is 18.4 Å². The average Bonchev–Trinajstić information content (AvgIpc) is 3.34. The first-order chi connectivity index (χ1) is 16.2. The van der Waals surface area contributed by atoms with Gasteiger partial charge in [-0.1, -0.05) is 13.8 Å². The maximum absolute atomic E-state index is 15.0. The van der Waals surface area contributed by atoms with Crippen molar-refractivity contribution in [1.82, 2.24) is 14.8 Å². The number of thiazole rings is 1. The minimum Gasteiger partial charge on any atom is -0.488 e. The molecule has 0 radical (unpaired) electrons. The first kappa shape index (κ1) is 23.2. The second-order valence-corrected chi connectivity index (χ2v) is 9.12. The maximum Gasteiger partial charge on any atom is 0.167 e. The van der Waals surface area contributed by atoms with Crippen LogP contribution in [0, 0.1) is 29.9 Å². The normalized spacial score (nSPS) is 11.0. The zero-order chi connectivity index (χ0) is 24.4. The molecular formula is C24H21F2N5O2S. The van der Waals surface area contributed by atoms with Gasteiger partial charge in [0, 0.05) is 30.5 Å². The van der Waals surface area contributed by atoms with E-state index in [9.17, 15) is 14.0 Å². The van der Waals surface area contributed by atoms with Crippen LogP contribution in [-0.2, 0) is 6.61 Å². The number of nitrogen functional groups attached to an aromatic ring is 1. The van der Waals surface area contributed by atoms with Crippen LogP contribution in [-0.4, -0.2) is 14.8 Å². The van der Waals surface area contributed by atoms with Crippen molar-refractivity contribution in [1.29, 1.82) is 5.26 Å². The van der Waals surface area contributed by atoms with Gasteiger partial charge in [-0.3, -0.25) is 0 Å². The quantitative estimate of drug-likeness (QED) is 0.355. The Morgan fingerprint density at radius 3 is 2.56 bits per heavy atom. The molecule has 0 unspecified atom stereocenters. The highest BCUT2D eigenvalue weighted by Crippen LogP contribution is 2.31. The van der Waals surface area contributed by atoms with E-state index < -0.39 is 11.6 Å². The lowest BCUT2D eigenvalue weighted by Crippen LogP contribution is -2.04. The van der Waals surface area contributed by atoms with Gasteiger partial charge >= 0.3 is 0 Å². The van der Waals surface area contributed by atoms with Crippen molar-refractivity contribution in [3.63, 3.8) is 0 Å². The molecule has 2 aromatic heterocycles. The minimum atomic E-state index is -0.680. The minimum absolute atomic E-state index is 0.0384. The summed E-state index contributed by atoms with van der Waals surface area (Å²) in [7, 11) is 0. The number of anilines is 1. The topological polar surface area (TPSA) is 99.0 Å². The molecule has 0 aliphatic carbocycles. The van der Waals surface area contributed by atoms with Crippen LogP contribution in [0.5, 0.6) is 17.2 Å². The predicted molar refractivity (Wildman–Crippen MR) is 124 cm³/mol. The first-order valence-electron chi connectivity index (χ1n) is 10.4. The van der Waals surface area contributed by atoms with Crippen LogP contribution in [0.1, 0.15) is 41.0 Å². The third kappa shape index (κ3) is 4.84. The third-order valence-electron chi connectivity index (χ3n) is 4.88. The molecule has 0 amide bonds. The standard InChI is InChI=1S/C24H21F2N5O2S/c1-13(2)24-23(28)22(10-27)31(30-24)21-5-4-16(9-20(21)26)33-18-7-15(25)6-17(8-18)32-12-19-11-29-14(3)34-19/h4-9,11,13H,12,28H2,1-3H3. The molecule has 0 bridgehead atoms. The van der Waals surface area contributed by atoms with Gasteiger partial charge in [0.05, 0.1) is 21.3 Å². The molecule has 0 fully saturated rings. The number of halogens is 2. The van der Waals surface area contributed by atoms with Crippen LogP contribution in [0.4, 0.5) is 14.5 Å². The zero-order valence-electron chi connectivity index (χ0n) is 18.7. The van der Waals surface area contributed by atoms with Crippen LogP contribution >= 0.6 is 11.3 Å². The number of nitriles is 1. The van der Waals surface area contributed by atoms with E-state index in [0.29, 0.717) is 5.69 Å². The Labute approximate surface area is 199 Å². The summed E-state index contributed by atoms with van der Waals surface area (Å²) in [5, 5.41) is 14.7. The number of nitrogens with two attached hydrogens (primary N) is 1. The Bertz CT molecular complexity index is 1390. The van der Waals surface area contributed by atoms with Crippen molar-refractivity contribution in [3.05, 3.63) is 75.5 Å². The third-order valence-corrected chi connectivity index (χ3v) is 5.77. The highest BCUT2D eigenvalue weighted by atomic mass is 32.1. The molecule has 2 heterocycles. The summed E-state index contributed by atoms with van der Waals surface area (Å²) in [6, 6.07) is 9.95. The van der Waals surface area contributed by atoms with Gasteiger partial charge in [0.2, 0.25) is 0 Å².